The molecule has 190 valence electrons. The van der Waals surface area contributed by atoms with Crippen molar-refractivity contribution in [2.75, 3.05) is 24.9 Å². The number of anilines is 2. The SMILES string of the molecule is COc1ccc(N(C(=O)c2snc(C(N)=O)c2N)[C@H](C(=O)NC2CCCC2)c2cccs2)c(OC)c1. The Morgan fingerprint density at radius 2 is 1.92 bits per heavy atom. The van der Waals surface area contributed by atoms with E-state index in [2.05, 4.69) is 9.69 Å². The molecule has 3 amide bonds. The second-order valence-electron chi connectivity index (χ2n) is 8.26. The second kappa shape index (κ2) is 11.0. The van der Waals surface area contributed by atoms with Crippen LogP contribution >= 0.6 is 22.9 Å². The summed E-state index contributed by atoms with van der Waals surface area (Å²) in [4.78, 5) is 41.6. The van der Waals surface area contributed by atoms with Gasteiger partial charge in [0.05, 0.1) is 25.6 Å². The number of nitrogens with zero attached hydrogens (tertiary/aromatic N) is 2. The summed E-state index contributed by atoms with van der Waals surface area (Å²) in [6.07, 6.45) is 3.84. The number of methoxy groups -OCH3 is 2. The van der Waals surface area contributed by atoms with Crippen molar-refractivity contribution in [3.05, 3.63) is 51.2 Å². The Morgan fingerprint density at radius 1 is 1.17 bits per heavy atom. The highest BCUT2D eigenvalue weighted by Crippen LogP contribution is 2.40. The van der Waals surface area contributed by atoms with E-state index in [1.54, 1.807) is 24.3 Å². The lowest BCUT2D eigenvalue weighted by Gasteiger charge is -2.32. The molecule has 0 aliphatic heterocycles. The number of nitrogens with two attached hydrogens (primary N) is 2. The third-order valence-corrected chi connectivity index (χ3v) is 7.82. The average Bonchev–Trinajstić information content (AvgIpc) is 3.64. The van der Waals surface area contributed by atoms with E-state index in [0.29, 0.717) is 22.1 Å². The zero-order chi connectivity index (χ0) is 25.8. The van der Waals surface area contributed by atoms with Crippen molar-refractivity contribution in [2.45, 2.75) is 37.8 Å². The van der Waals surface area contributed by atoms with Crippen LogP contribution in [0.4, 0.5) is 11.4 Å². The van der Waals surface area contributed by atoms with Gasteiger partial charge in [-0.3, -0.25) is 19.3 Å². The van der Waals surface area contributed by atoms with Crippen LogP contribution in [-0.4, -0.2) is 42.4 Å². The van der Waals surface area contributed by atoms with E-state index in [1.807, 2.05) is 11.4 Å². The number of hydrogen-bond donors (Lipinski definition) is 3. The summed E-state index contributed by atoms with van der Waals surface area (Å²) in [7, 11) is 2.98. The normalized spacial score (nSPS) is 14.3. The van der Waals surface area contributed by atoms with Crippen molar-refractivity contribution in [1.29, 1.82) is 0 Å². The highest BCUT2D eigenvalue weighted by Gasteiger charge is 2.38. The van der Waals surface area contributed by atoms with Gasteiger partial charge in [0.2, 0.25) is 5.91 Å². The number of hydrogen-bond acceptors (Lipinski definition) is 9. The number of aromatic nitrogens is 1. The Labute approximate surface area is 216 Å². The Morgan fingerprint density at radius 3 is 2.50 bits per heavy atom. The van der Waals surface area contributed by atoms with E-state index in [9.17, 15) is 14.4 Å². The highest BCUT2D eigenvalue weighted by molar-refractivity contribution is 7.10. The average molecular weight is 530 g/mol. The van der Waals surface area contributed by atoms with Crippen molar-refractivity contribution < 1.29 is 23.9 Å². The van der Waals surface area contributed by atoms with Gasteiger partial charge in [-0.2, -0.15) is 4.37 Å². The monoisotopic (exact) mass is 529 g/mol. The van der Waals surface area contributed by atoms with Crippen molar-refractivity contribution in [2.24, 2.45) is 5.73 Å². The maximum absolute atomic E-state index is 14.1. The molecule has 1 aliphatic rings. The van der Waals surface area contributed by atoms with E-state index in [-0.39, 0.29) is 28.2 Å². The lowest BCUT2D eigenvalue weighted by Crippen LogP contribution is -2.46. The number of primary amides is 1. The molecule has 5 N–H and O–H groups in total. The van der Waals surface area contributed by atoms with E-state index >= 15 is 0 Å². The molecule has 0 bridgehead atoms. The zero-order valence-corrected chi connectivity index (χ0v) is 21.5. The molecule has 1 aromatic carbocycles. The van der Waals surface area contributed by atoms with Crippen molar-refractivity contribution in [1.82, 2.24) is 9.69 Å². The molecule has 0 radical (unpaired) electrons. The molecule has 0 saturated heterocycles. The van der Waals surface area contributed by atoms with Crippen molar-refractivity contribution >= 4 is 52.0 Å². The van der Waals surface area contributed by atoms with Crippen LogP contribution < -0.4 is 31.2 Å². The summed E-state index contributed by atoms with van der Waals surface area (Å²) in [5.41, 5.74) is 11.5. The fourth-order valence-electron chi connectivity index (χ4n) is 4.26. The van der Waals surface area contributed by atoms with Crippen LogP contribution in [0.15, 0.2) is 35.7 Å². The van der Waals surface area contributed by atoms with E-state index in [0.717, 1.165) is 37.2 Å². The van der Waals surface area contributed by atoms with Gasteiger partial charge in [0.25, 0.3) is 11.8 Å². The van der Waals surface area contributed by atoms with Crippen LogP contribution in [0.3, 0.4) is 0 Å². The lowest BCUT2D eigenvalue weighted by atomic mass is 10.1. The summed E-state index contributed by atoms with van der Waals surface area (Å²) >= 11 is 2.11. The van der Waals surface area contributed by atoms with Crippen LogP contribution in [-0.2, 0) is 4.79 Å². The number of rotatable bonds is 9. The molecule has 1 aliphatic carbocycles. The molecule has 1 saturated carbocycles. The van der Waals surface area contributed by atoms with Crippen LogP contribution in [0.1, 0.15) is 56.8 Å². The maximum atomic E-state index is 14.1. The zero-order valence-electron chi connectivity index (χ0n) is 19.9. The van der Waals surface area contributed by atoms with Gasteiger partial charge >= 0.3 is 0 Å². The van der Waals surface area contributed by atoms with E-state index in [4.69, 9.17) is 20.9 Å². The van der Waals surface area contributed by atoms with Gasteiger partial charge in [-0.15, -0.1) is 11.3 Å². The van der Waals surface area contributed by atoms with E-state index in [1.165, 1.54) is 30.5 Å². The van der Waals surface area contributed by atoms with Gasteiger partial charge < -0.3 is 26.3 Å². The fourth-order valence-corrected chi connectivity index (χ4v) is 5.81. The molecule has 2 heterocycles. The molecule has 4 rings (SSSR count). The Kier molecular flexibility index (Phi) is 7.75. The number of thiophene rings is 1. The number of ether oxygens (including phenoxy) is 2. The molecule has 10 nitrogen and oxygen atoms in total. The predicted molar refractivity (Wildman–Crippen MR) is 139 cm³/mol. The van der Waals surface area contributed by atoms with Crippen LogP contribution in [0.2, 0.25) is 0 Å². The Bertz CT molecular complexity index is 1250. The predicted octanol–water partition coefficient (Wildman–Crippen LogP) is 3.35. The number of carbonyl (C=O) groups is 3. The number of nitrogens with one attached hydrogen (secondary N) is 1. The molecule has 1 fully saturated rings. The van der Waals surface area contributed by atoms with Crippen molar-refractivity contribution in [3.63, 3.8) is 0 Å². The maximum Gasteiger partial charge on any atom is 0.273 e. The molecule has 36 heavy (non-hydrogen) atoms. The summed E-state index contributed by atoms with van der Waals surface area (Å²) in [6.45, 7) is 0. The summed E-state index contributed by atoms with van der Waals surface area (Å²) in [6, 6.07) is 7.56. The van der Waals surface area contributed by atoms with Gasteiger partial charge in [0.1, 0.15) is 16.4 Å². The molecule has 12 heteroatoms. The molecular weight excluding hydrogens is 502 g/mol. The first-order valence-corrected chi connectivity index (χ1v) is 12.9. The van der Waals surface area contributed by atoms with Gasteiger partial charge in [0.15, 0.2) is 11.7 Å². The largest absolute Gasteiger partial charge is 0.497 e. The third kappa shape index (κ3) is 5.00. The van der Waals surface area contributed by atoms with Gasteiger partial charge in [0, 0.05) is 17.0 Å². The molecular formula is C24H27N5O5S2. The minimum atomic E-state index is -1.03. The number of amides is 3. The minimum Gasteiger partial charge on any atom is -0.497 e. The first kappa shape index (κ1) is 25.5. The smallest absolute Gasteiger partial charge is 0.273 e. The van der Waals surface area contributed by atoms with Crippen LogP contribution in [0.5, 0.6) is 11.5 Å². The summed E-state index contributed by atoms with van der Waals surface area (Å²) in [5, 5.41) is 4.95. The number of benzene rings is 1. The Hall–Kier alpha value is -3.64. The molecule has 3 aromatic rings. The third-order valence-electron chi connectivity index (χ3n) is 6.04. The van der Waals surface area contributed by atoms with Crippen LogP contribution in [0, 0.1) is 0 Å². The molecule has 0 spiro atoms. The topological polar surface area (TPSA) is 150 Å². The second-order valence-corrected chi connectivity index (χ2v) is 10.0. The van der Waals surface area contributed by atoms with Crippen LogP contribution in [0.25, 0.3) is 0 Å². The number of carbonyl (C=O) groups excluding carboxylic acids is 3. The lowest BCUT2D eigenvalue weighted by molar-refractivity contribution is -0.123. The van der Waals surface area contributed by atoms with Gasteiger partial charge in [-0.25, -0.2) is 0 Å². The van der Waals surface area contributed by atoms with Gasteiger partial charge in [-0.05, 0) is 48.0 Å². The summed E-state index contributed by atoms with van der Waals surface area (Å²) < 4.78 is 14.9. The quantitative estimate of drug-likeness (QED) is 0.385. The van der Waals surface area contributed by atoms with Gasteiger partial charge in [-0.1, -0.05) is 18.9 Å². The first-order valence-electron chi connectivity index (χ1n) is 11.3. The highest BCUT2D eigenvalue weighted by atomic mass is 32.1. The first-order chi connectivity index (χ1) is 17.3. The van der Waals surface area contributed by atoms with Crippen molar-refractivity contribution in [3.8, 4) is 11.5 Å². The van der Waals surface area contributed by atoms with E-state index < -0.39 is 17.9 Å². The Balaban J connectivity index is 1.87. The fraction of sp³-hybridized carbons (Fsp3) is 0.333. The molecule has 0 unspecified atom stereocenters. The molecule has 2 aromatic heterocycles. The minimum absolute atomic E-state index is 0.00288. The summed E-state index contributed by atoms with van der Waals surface area (Å²) in [5.74, 6) is -0.949. The standard InChI is InChI=1S/C24H27N5O5S2/c1-33-14-9-10-15(16(12-14)34-2)29(24(32)21-18(25)19(22(26)30)28-36-21)20(17-8-5-11-35-17)23(31)27-13-6-3-4-7-13/h5,8-13,20H,3-4,6-7,25H2,1-2H3,(H2,26,30)(H,27,31)/t20-/m0/s1. The number of nitrogen functional groups attached to an aromatic ring is 1. The molecule has 1 atom stereocenters.